The van der Waals surface area contributed by atoms with Crippen LogP contribution in [0.2, 0.25) is 0 Å². The lowest BCUT2D eigenvalue weighted by Gasteiger charge is -2.33. The molecule has 1 aliphatic heterocycles. The van der Waals surface area contributed by atoms with Gasteiger partial charge in [-0.1, -0.05) is 46.3 Å². The zero-order valence-electron chi connectivity index (χ0n) is 18.6. The van der Waals surface area contributed by atoms with Gasteiger partial charge in [-0.05, 0) is 43.7 Å². The van der Waals surface area contributed by atoms with Gasteiger partial charge in [0.1, 0.15) is 28.2 Å². The molecule has 1 aliphatic rings. The first-order chi connectivity index (χ1) is 14.9. The lowest BCUT2D eigenvalue weighted by Crippen LogP contribution is -3.04. The highest BCUT2D eigenvalue weighted by atomic mass is 79.9. The topological polar surface area (TPSA) is 57.0 Å². The normalized spacial score (nSPS) is 18.2. The number of carbonyl (C=O) groups is 2. The van der Waals surface area contributed by atoms with Crippen LogP contribution < -0.4 is 17.3 Å². The summed E-state index contributed by atoms with van der Waals surface area (Å²) in [6.45, 7) is 7.90. The molecule has 0 saturated carbocycles. The first-order valence-corrected chi connectivity index (χ1v) is 11.1. The number of rotatable bonds is 6. The molecular formula is C25H27BrClNO4. The van der Waals surface area contributed by atoms with Crippen LogP contribution in [-0.4, -0.2) is 25.2 Å². The van der Waals surface area contributed by atoms with Gasteiger partial charge in [-0.15, -0.1) is 0 Å². The predicted octanol–water partition coefficient (Wildman–Crippen LogP) is 1.44. The average Bonchev–Trinajstić information content (AvgIpc) is 2.75. The van der Waals surface area contributed by atoms with Gasteiger partial charge in [-0.25, -0.2) is 14.5 Å². The molecule has 0 amide bonds. The third-order valence-corrected chi connectivity index (χ3v) is 5.92. The van der Waals surface area contributed by atoms with E-state index in [0.29, 0.717) is 11.1 Å². The van der Waals surface area contributed by atoms with E-state index in [0.717, 1.165) is 32.0 Å². The lowest BCUT2D eigenvalue weighted by atomic mass is 9.79. The Morgan fingerprint density at radius 1 is 0.844 bits per heavy atom. The largest absolute Gasteiger partial charge is 1.00 e. The molecule has 0 aromatic heterocycles. The maximum atomic E-state index is 13.2. The number of nitrogens with one attached hydrogen (secondary N) is 1. The Morgan fingerprint density at radius 2 is 1.31 bits per heavy atom. The van der Waals surface area contributed by atoms with E-state index in [1.54, 1.807) is 13.8 Å². The van der Waals surface area contributed by atoms with Gasteiger partial charge in [0, 0.05) is 18.3 Å². The van der Waals surface area contributed by atoms with Crippen molar-refractivity contribution < 1.29 is 36.4 Å². The minimum Gasteiger partial charge on any atom is -1.00 e. The Kier molecular flexibility index (Phi) is 9.25. The molecule has 0 saturated heterocycles. The SMILES string of the molecule is CCOC(=O)C1=C(C)[NH+](c2ccccc2)C(C)=C(C(=O)OCC)C1c1ccc(Br)cc1.[Cl-]. The fraction of sp³-hybridized carbons (Fsp3) is 0.280. The van der Waals surface area contributed by atoms with Gasteiger partial charge in [-0.2, -0.15) is 0 Å². The highest BCUT2D eigenvalue weighted by Crippen LogP contribution is 2.38. The summed E-state index contributed by atoms with van der Waals surface area (Å²) in [7, 11) is 0. The van der Waals surface area contributed by atoms with Gasteiger partial charge in [0.25, 0.3) is 0 Å². The third-order valence-electron chi connectivity index (χ3n) is 5.39. The second-order valence-electron chi connectivity index (χ2n) is 7.24. The maximum Gasteiger partial charge on any atom is 0.340 e. The van der Waals surface area contributed by atoms with Crippen molar-refractivity contribution in [2.75, 3.05) is 13.2 Å². The molecule has 32 heavy (non-hydrogen) atoms. The number of hydrogen-bond acceptors (Lipinski definition) is 4. The van der Waals surface area contributed by atoms with Crippen molar-refractivity contribution in [2.45, 2.75) is 33.6 Å². The molecule has 2 aromatic rings. The first-order valence-electron chi connectivity index (χ1n) is 10.3. The van der Waals surface area contributed by atoms with E-state index >= 15 is 0 Å². The lowest BCUT2D eigenvalue weighted by molar-refractivity contribution is -0.748. The van der Waals surface area contributed by atoms with Gasteiger partial charge < -0.3 is 21.9 Å². The standard InChI is InChI=1S/C25H26BrNO4.ClH/c1-5-30-24(28)21-16(3)27(20-10-8-7-9-11-20)17(4)22(25(29)31-6-2)23(21)18-12-14-19(26)15-13-18;/h7-15,23H,5-6H2,1-4H3;1H. The molecule has 0 spiro atoms. The molecule has 1 heterocycles. The van der Waals surface area contributed by atoms with Crippen LogP contribution in [0, 0.1) is 0 Å². The van der Waals surface area contributed by atoms with Crippen molar-refractivity contribution >= 4 is 33.6 Å². The Hall–Kier alpha value is -2.41. The van der Waals surface area contributed by atoms with E-state index < -0.39 is 17.9 Å². The molecule has 2 aromatic carbocycles. The molecule has 0 radical (unpaired) electrons. The molecule has 0 unspecified atom stereocenters. The smallest absolute Gasteiger partial charge is 0.340 e. The van der Waals surface area contributed by atoms with Gasteiger partial charge >= 0.3 is 11.9 Å². The number of esters is 2. The Labute approximate surface area is 203 Å². The number of halogens is 2. The van der Waals surface area contributed by atoms with Crippen molar-refractivity contribution in [3.63, 3.8) is 0 Å². The second-order valence-corrected chi connectivity index (χ2v) is 8.16. The summed E-state index contributed by atoms with van der Waals surface area (Å²) in [4.78, 5) is 27.2. The summed E-state index contributed by atoms with van der Waals surface area (Å²) in [6.07, 6.45) is 0. The third kappa shape index (κ3) is 5.14. The summed E-state index contributed by atoms with van der Waals surface area (Å²) in [5.74, 6) is -1.41. The van der Waals surface area contributed by atoms with Crippen molar-refractivity contribution in [1.29, 1.82) is 0 Å². The molecule has 1 N–H and O–H groups in total. The monoisotopic (exact) mass is 519 g/mol. The maximum absolute atomic E-state index is 13.2. The van der Waals surface area contributed by atoms with Crippen molar-refractivity contribution in [3.8, 4) is 0 Å². The van der Waals surface area contributed by atoms with E-state index in [1.165, 1.54) is 0 Å². The Bertz CT molecular complexity index is 990. The molecule has 3 rings (SSSR count). The van der Waals surface area contributed by atoms with Crippen molar-refractivity contribution in [1.82, 2.24) is 0 Å². The van der Waals surface area contributed by atoms with E-state index in [4.69, 9.17) is 9.47 Å². The number of quaternary nitrogens is 1. The van der Waals surface area contributed by atoms with Crippen LogP contribution in [0.5, 0.6) is 0 Å². The van der Waals surface area contributed by atoms with Gasteiger partial charge in [-0.3, -0.25) is 0 Å². The summed E-state index contributed by atoms with van der Waals surface area (Å²) in [5, 5.41) is 0. The minimum absolute atomic E-state index is 0. The fourth-order valence-electron chi connectivity index (χ4n) is 4.11. The molecule has 0 bridgehead atoms. The number of carbonyl (C=O) groups excluding carboxylic acids is 2. The fourth-order valence-corrected chi connectivity index (χ4v) is 4.38. The first kappa shape index (κ1) is 25.8. The quantitative estimate of drug-likeness (QED) is 0.586. The number of allylic oxidation sites excluding steroid dienone is 2. The Morgan fingerprint density at radius 3 is 1.75 bits per heavy atom. The number of para-hydroxylation sites is 1. The number of hydrogen-bond donors (Lipinski definition) is 1. The molecule has 170 valence electrons. The minimum atomic E-state index is -0.571. The summed E-state index contributed by atoms with van der Waals surface area (Å²) in [5.41, 5.74) is 4.33. The Balaban J connectivity index is 0.00000363. The zero-order valence-corrected chi connectivity index (χ0v) is 20.9. The van der Waals surface area contributed by atoms with Crippen LogP contribution in [0.25, 0.3) is 0 Å². The summed E-state index contributed by atoms with van der Waals surface area (Å²) < 4.78 is 11.8. The molecular weight excluding hydrogens is 494 g/mol. The second kappa shape index (κ2) is 11.5. The highest BCUT2D eigenvalue weighted by Gasteiger charge is 2.44. The van der Waals surface area contributed by atoms with E-state index in [2.05, 4.69) is 15.9 Å². The summed E-state index contributed by atoms with van der Waals surface area (Å²) >= 11 is 3.46. The average molecular weight is 521 g/mol. The number of ether oxygens (including phenoxy) is 2. The van der Waals surface area contributed by atoms with Crippen molar-refractivity contribution in [2.24, 2.45) is 0 Å². The van der Waals surface area contributed by atoms with Gasteiger partial charge in [0.05, 0.1) is 19.1 Å². The van der Waals surface area contributed by atoms with Crippen LogP contribution in [-0.2, 0) is 19.1 Å². The highest BCUT2D eigenvalue weighted by molar-refractivity contribution is 9.10. The van der Waals surface area contributed by atoms with Crippen LogP contribution >= 0.6 is 15.9 Å². The molecule has 5 nitrogen and oxygen atoms in total. The van der Waals surface area contributed by atoms with Gasteiger partial charge in [0.15, 0.2) is 0 Å². The van der Waals surface area contributed by atoms with E-state index in [-0.39, 0.29) is 25.6 Å². The molecule has 0 fully saturated rings. The van der Waals surface area contributed by atoms with Gasteiger partial charge in [0.2, 0.25) is 0 Å². The van der Waals surface area contributed by atoms with Crippen LogP contribution in [0.3, 0.4) is 0 Å². The molecule has 7 heteroatoms. The van der Waals surface area contributed by atoms with Crippen LogP contribution in [0.4, 0.5) is 5.69 Å². The molecule has 0 aliphatic carbocycles. The van der Waals surface area contributed by atoms with Crippen LogP contribution in [0.1, 0.15) is 39.2 Å². The van der Waals surface area contributed by atoms with E-state index in [1.807, 2.05) is 68.4 Å². The summed E-state index contributed by atoms with van der Waals surface area (Å²) in [6, 6.07) is 17.4. The molecule has 0 atom stereocenters. The zero-order chi connectivity index (χ0) is 22.5. The van der Waals surface area contributed by atoms with Crippen LogP contribution in [0.15, 0.2) is 81.6 Å². The van der Waals surface area contributed by atoms with E-state index in [9.17, 15) is 9.59 Å². The van der Waals surface area contributed by atoms with Crippen molar-refractivity contribution in [3.05, 3.63) is 87.2 Å². The predicted molar refractivity (Wildman–Crippen MR) is 123 cm³/mol. The number of benzene rings is 2.